The Balaban J connectivity index is 1.51. The van der Waals surface area contributed by atoms with Crippen LogP contribution in [0.5, 0.6) is 0 Å². The van der Waals surface area contributed by atoms with Crippen LogP contribution in [0.2, 0.25) is 5.02 Å². The monoisotopic (exact) mass is 606 g/mol. The van der Waals surface area contributed by atoms with Gasteiger partial charge in [0.2, 0.25) is 0 Å². The second-order valence-electron chi connectivity index (χ2n) is 13.1. The summed E-state index contributed by atoms with van der Waals surface area (Å²) in [7, 11) is 0. The first-order valence-electron chi connectivity index (χ1n) is 15.2. The maximum atomic E-state index is 14.5. The van der Waals surface area contributed by atoms with E-state index in [0.717, 1.165) is 56.9 Å². The van der Waals surface area contributed by atoms with Crippen molar-refractivity contribution in [3.8, 4) is 0 Å². The molecule has 0 bridgehead atoms. The van der Waals surface area contributed by atoms with E-state index in [0.29, 0.717) is 23.0 Å². The highest BCUT2D eigenvalue weighted by atomic mass is 35.5. The first-order chi connectivity index (χ1) is 20.4. The van der Waals surface area contributed by atoms with Gasteiger partial charge in [0.25, 0.3) is 11.8 Å². The minimum Gasteiger partial charge on any atom is -0.345 e. The molecule has 5 rings (SSSR count). The van der Waals surface area contributed by atoms with Crippen LogP contribution in [0.15, 0.2) is 52.6 Å². The number of amides is 2. The number of rotatable bonds is 10. The summed E-state index contributed by atoms with van der Waals surface area (Å²) in [6.45, 7) is 6.64. The summed E-state index contributed by atoms with van der Waals surface area (Å²) in [5.41, 5.74) is 8.42. The number of carbonyl (C=O) groups excluding carboxylic acids is 2. The Bertz CT molecular complexity index is 1420. The number of benzene rings is 2. The zero-order chi connectivity index (χ0) is 30.9. The third-order valence-corrected chi connectivity index (χ3v) is 9.86. The number of hydrogen-bond donors (Lipinski definition) is 3. The smallest absolute Gasteiger partial charge is 0.275 e. The summed E-state index contributed by atoms with van der Waals surface area (Å²) in [5, 5.41) is 13.3. The quantitative estimate of drug-likeness (QED) is 0.146. The molecule has 43 heavy (non-hydrogen) atoms. The van der Waals surface area contributed by atoms with Gasteiger partial charge in [0.15, 0.2) is 5.84 Å². The molecule has 1 atom stereocenters. The lowest BCUT2D eigenvalue weighted by molar-refractivity contribution is -0.133. The summed E-state index contributed by atoms with van der Waals surface area (Å²) in [5.74, 6) is -0.231. The van der Waals surface area contributed by atoms with Gasteiger partial charge in [0.05, 0.1) is 12.6 Å². The number of nitrogens with zero attached hydrogens (tertiary/aromatic N) is 3. The Morgan fingerprint density at radius 2 is 1.84 bits per heavy atom. The van der Waals surface area contributed by atoms with E-state index in [1.54, 1.807) is 18.2 Å². The molecular formula is C33H40ClFN6O2. The van der Waals surface area contributed by atoms with E-state index in [4.69, 9.17) is 27.5 Å². The van der Waals surface area contributed by atoms with E-state index in [1.165, 1.54) is 12.1 Å². The molecular weight excluding hydrogens is 567 g/mol. The van der Waals surface area contributed by atoms with Crippen LogP contribution in [-0.2, 0) is 4.79 Å². The maximum Gasteiger partial charge on any atom is 0.275 e. The van der Waals surface area contributed by atoms with Crippen molar-refractivity contribution in [2.75, 3.05) is 6.54 Å². The van der Waals surface area contributed by atoms with Crippen molar-refractivity contribution in [2.24, 2.45) is 27.4 Å². The zero-order valence-electron chi connectivity index (χ0n) is 25.1. The first kappa shape index (κ1) is 31.0. The van der Waals surface area contributed by atoms with Gasteiger partial charge in [-0.3, -0.25) is 20.0 Å². The Morgan fingerprint density at radius 1 is 1.16 bits per heavy atom. The van der Waals surface area contributed by atoms with E-state index in [2.05, 4.69) is 31.2 Å². The Labute approximate surface area is 257 Å². The van der Waals surface area contributed by atoms with Crippen molar-refractivity contribution in [3.63, 3.8) is 0 Å². The van der Waals surface area contributed by atoms with Crippen LogP contribution in [0.25, 0.3) is 0 Å². The number of amidine groups is 1. The van der Waals surface area contributed by atoms with Crippen LogP contribution in [0.1, 0.15) is 99.7 Å². The van der Waals surface area contributed by atoms with Crippen molar-refractivity contribution in [3.05, 3.63) is 70.0 Å². The predicted octanol–water partition coefficient (Wildman–Crippen LogP) is 7.71. The van der Waals surface area contributed by atoms with Crippen LogP contribution in [0.3, 0.4) is 0 Å². The Morgan fingerprint density at radius 3 is 2.42 bits per heavy atom. The predicted molar refractivity (Wildman–Crippen MR) is 165 cm³/mol. The molecule has 228 valence electrons. The summed E-state index contributed by atoms with van der Waals surface area (Å²) < 4.78 is 14.5. The summed E-state index contributed by atoms with van der Waals surface area (Å²) in [4.78, 5) is 34.2. The minimum absolute atomic E-state index is 0.127. The molecule has 3 aliphatic rings. The minimum atomic E-state index is -0.734. The molecule has 1 spiro atoms. The average molecular weight is 607 g/mol. The van der Waals surface area contributed by atoms with Gasteiger partial charge in [0.1, 0.15) is 17.2 Å². The molecule has 2 fully saturated rings. The molecule has 2 aromatic carbocycles. The third kappa shape index (κ3) is 6.71. The zero-order valence-corrected chi connectivity index (χ0v) is 25.8. The molecule has 1 heterocycles. The summed E-state index contributed by atoms with van der Waals surface area (Å²) in [6.07, 6.45) is 7.39. The molecule has 0 saturated heterocycles. The van der Waals surface area contributed by atoms with Crippen LogP contribution in [0.4, 0.5) is 4.39 Å². The van der Waals surface area contributed by atoms with E-state index < -0.39 is 11.5 Å². The third-order valence-electron chi connectivity index (χ3n) is 9.65. The van der Waals surface area contributed by atoms with E-state index in [-0.39, 0.29) is 46.4 Å². The molecule has 2 aliphatic carbocycles. The molecule has 2 aromatic rings. The lowest BCUT2D eigenvalue weighted by atomic mass is 9.75. The van der Waals surface area contributed by atoms with Crippen molar-refractivity contribution < 1.29 is 14.0 Å². The van der Waals surface area contributed by atoms with Gasteiger partial charge in [-0.05, 0) is 105 Å². The van der Waals surface area contributed by atoms with Gasteiger partial charge >= 0.3 is 0 Å². The first-order valence-corrected chi connectivity index (χ1v) is 15.5. The van der Waals surface area contributed by atoms with Gasteiger partial charge in [-0.25, -0.2) is 9.92 Å². The molecule has 0 aromatic heterocycles. The van der Waals surface area contributed by atoms with Crippen molar-refractivity contribution in [2.45, 2.75) is 83.8 Å². The van der Waals surface area contributed by atoms with Crippen molar-refractivity contribution in [1.29, 1.82) is 10.9 Å². The van der Waals surface area contributed by atoms with Gasteiger partial charge in [-0.15, -0.1) is 5.11 Å². The fourth-order valence-corrected chi connectivity index (χ4v) is 6.82. The van der Waals surface area contributed by atoms with Crippen LogP contribution in [-0.4, -0.2) is 40.5 Å². The summed E-state index contributed by atoms with van der Waals surface area (Å²) >= 11 is 6.22. The molecule has 3 N–H and O–H groups in total. The molecule has 1 aliphatic heterocycles. The van der Waals surface area contributed by atoms with Gasteiger partial charge < -0.3 is 10.2 Å². The Hall–Kier alpha value is -3.46. The van der Waals surface area contributed by atoms with Crippen LogP contribution >= 0.6 is 11.6 Å². The van der Waals surface area contributed by atoms with E-state index >= 15 is 0 Å². The topological polar surface area (TPSA) is 122 Å². The maximum absolute atomic E-state index is 14.5. The molecule has 0 unspecified atom stereocenters. The lowest BCUT2D eigenvalue weighted by Gasteiger charge is -2.46. The molecule has 10 heteroatoms. The largest absolute Gasteiger partial charge is 0.345 e. The fourth-order valence-electron chi connectivity index (χ4n) is 6.60. The van der Waals surface area contributed by atoms with Crippen molar-refractivity contribution >= 4 is 35.0 Å². The molecule has 0 radical (unpaired) electrons. The molecule has 8 nitrogen and oxygen atoms in total. The SMILES string of the molecule is CC(C)C1CCC2(CC1)N=C(c1cc(F)cc(Cl)c1)C(=O)N2[C@H](CCC1(C)CC1)c1ccc(C(=O)NCC(=N)N=N)cc1. The normalized spacial score (nSPS) is 23.3. The number of halogens is 2. The van der Waals surface area contributed by atoms with Gasteiger partial charge in [-0.1, -0.05) is 44.5 Å². The summed E-state index contributed by atoms with van der Waals surface area (Å²) in [6, 6.07) is 11.1. The van der Waals surface area contributed by atoms with E-state index in [1.807, 2.05) is 17.0 Å². The van der Waals surface area contributed by atoms with Crippen LogP contribution < -0.4 is 5.32 Å². The Kier molecular flexibility index (Phi) is 8.84. The van der Waals surface area contributed by atoms with E-state index in [9.17, 15) is 14.0 Å². The van der Waals surface area contributed by atoms with Crippen LogP contribution in [0, 0.1) is 34.0 Å². The second kappa shape index (κ2) is 12.3. The number of hydrogen-bond acceptors (Lipinski definition) is 5. The van der Waals surface area contributed by atoms with Gasteiger partial charge in [-0.2, -0.15) is 0 Å². The highest BCUT2D eigenvalue weighted by molar-refractivity contribution is 6.47. The number of aliphatic imine (C=N–C) groups is 1. The number of nitrogens with one attached hydrogen (secondary N) is 3. The van der Waals surface area contributed by atoms with Crippen molar-refractivity contribution in [1.82, 2.24) is 10.2 Å². The highest BCUT2D eigenvalue weighted by Gasteiger charge is 2.52. The average Bonchev–Trinajstić information content (AvgIpc) is 3.66. The lowest BCUT2D eigenvalue weighted by Crippen LogP contribution is -2.51. The molecule has 2 saturated carbocycles. The second-order valence-corrected chi connectivity index (χ2v) is 13.5. The highest BCUT2D eigenvalue weighted by Crippen LogP contribution is 2.53. The fraction of sp³-hybridized carbons (Fsp3) is 0.515. The standard InChI is InChI=1S/C33H40ClFN6O2/c1-20(2)21-8-12-33(13-9-21)39-29(24-16-25(34)18-26(35)17-24)31(43)41(33)27(10-11-32(3)14-15-32)22-4-6-23(7-5-22)30(42)38-19-28(36)40-37/h4-7,16-18,20-21,27,36-37H,8-15,19H2,1-3H3,(H,38,42)/t21?,27-,33?/m1/s1. The van der Waals surface area contributed by atoms with Gasteiger partial charge in [0, 0.05) is 16.1 Å². The molecule has 2 amide bonds. The number of carbonyl (C=O) groups is 2.